The maximum Gasteiger partial charge on any atom is 0.259 e. The Kier molecular flexibility index (Phi) is 2.10. The van der Waals surface area contributed by atoms with E-state index >= 15 is 0 Å². The van der Waals surface area contributed by atoms with Crippen LogP contribution >= 0.6 is 0 Å². The Morgan fingerprint density at radius 1 is 1.47 bits per heavy atom. The Balaban J connectivity index is 2.04. The minimum absolute atomic E-state index is 0.000125. The first-order chi connectivity index (χ1) is 8.25. The molecule has 0 aromatic carbocycles. The average molecular weight is 231 g/mol. The first-order valence-corrected chi connectivity index (χ1v) is 5.15. The summed E-state index contributed by atoms with van der Waals surface area (Å²) in [5.74, 6) is 0.879. The fourth-order valence-electron chi connectivity index (χ4n) is 1.78. The molecule has 1 unspecified atom stereocenters. The summed E-state index contributed by atoms with van der Waals surface area (Å²) in [5.41, 5.74) is 0.505. The van der Waals surface area contributed by atoms with Crippen LogP contribution in [0, 0.1) is 0 Å². The molecule has 1 aliphatic heterocycles. The van der Waals surface area contributed by atoms with Crippen molar-refractivity contribution >= 4 is 12.0 Å². The van der Waals surface area contributed by atoms with E-state index in [0.29, 0.717) is 17.3 Å². The number of hydrogen-bond acceptors (Lipinski definition) is 6. The molecule has 7 nitrogen and oxygen atoms in total. The van der Waals surface area contributed by atoms with Crippen molar-refractivity contribution in [3.05, 3.63) is 34.5 Å². The molecule has 3 heterocycles. The quantitative estimate of drug-likeness (QED) is 0.750. The first kappa shape index (κ1) is 9.88. The molecular weight excluding hydrogens is 222 g/mol. The van der Waals surface area contributed by atoms with Crippen molar-refractivity contribution in [2.75, 3.05) is 0 Å². The second-order valence-corrected chi connectivity index (χ2v) is 3.82. The summed E-state index contributed by atoms with van der Waals surface area (Å²) in [5, 5.41) is 3.49. The van der Waals surface area contributed by atoms with Crippen LogP contribution < -0.4 is 5.56 Å². The van der Waals surface area contributed by atoms with Gasteiger partial charge >= 0.3 is 0 Å². The van der Waals surface area contributed by atoms with Crippen molar-refractivity contribution in [3.8, 4) is 0 Å². The van der Waals surface area contributed by atoms with Crippen LogP contribution in [0.3, 0.4) is 0 Å². The zero-order valence-electron chi connectivity index (χ0n) is 9.07. The van der Waals surface area contributed by atoms with Crippen molar-refractivity contribution in [3.63, 3.8) is 0 Å². The van der Waals surface area contributed by atoms with Gasteiger partial charge in [0, 0.05) is 12.1 Å². The van der Waals surface area contributed by atoms with Crippen molar-refractivity contribution in [2.45, 2.75) is 19.4 Å². The van der Waals surface area contributed by atoms with Crippen LogP contribution in [0.5, 0.6) is 0 Å². The molecular formula is C10H9N5O2. The molecule has 0 saturated carbocycles. The summed E-state index contributed by atoms with van der Waals surface area (Å²) in [4.78, 5) is 24.2. The Hall–Kier alpha value is -2.31. The van der Waals surface area contributed by atoms with Gasteiger partial charge in [-0.1, -0.05) is 12.1 Å². The van der Waals surface area contributed by atoms with E-state index < -0.39 is 0 Å². The zero-order chi connectivity index (χ0) is 11.8. The topological polar surface area (TPSA) is 86.2 Å². The summed E-state index contributed by atoms with van der Waals surface area (Å²) < 4.78 is 6.30. The minimum atomic E-state index is -0.113. The van der Waals surface area contributed by atoms with Crippen LogP contribution in [0.15, 0.2) is 27.0 Å². The number of hydrogen-bond donors (Lipinski definition) is 0. The molecule has 0 aliphatic carbocycles. The lowest BCUT2D eigenvalue weighted by Crippen LogP contribution is -2.25. The van der Waals surface area contributed by atoms with Gasteiger partial charge in [-0.05, 0) is 0 Å². The van der Waals surface area contributed by atoms with E-state index in [9.17, 15) is 4.79 Å². The third-order valence-electron chi connectivity index (χ3n) is 2.64. The Labute approximate surface area is 95.8 Å². The fraction of sp³-hybridized carbons (Fsp3) is 0.300. The number of rotatable bonds is 2. The minimum Gasteiger partial charge on any atom is -0.338 e. The van der Waals surface area contributed by atoms with E-state index in [1.165, 1.54) is 17.2 Å². The van der Waals surface area contributed by atoms with Gasteiger partial charge in [-0.15, -0.1) is 0 Å². The summed E-state index contributed by atoms with van der Waals surface area (Å²) in [6, 6.07) is 0. The summed E-state index contributed by atoms with van der Waals surface area (Å²) in [6.07, 6.45) is 4.46. The highest BCUT2D eigenvalue weighted by molar-refractivity contribution is 5.77. The first-order valence-electron chi connectivity index (χ1n) is 5.15. The molecule has 2 aromatic rings. The lowest BCUT2D eigenvalue weighted by Gasteiger charge is -2.05. The molecule has 1 atom stereocenters. The lowest BCUT2D eigenvalue weighted by atomic mass is 10.1. The largest absolute Gasteiger partial charge is 0.338 e. The predicted octanol–water partition coefficient (Wildman–Crippen LogP) is 0.494. The Morgan fingerprint density at radius 2 is 2.35 bits per heavy atom. The second kappa shape index (κ2) is 3.62. The van der Waals surface area contributed by atoms with Crippen molar-refractivity contribution in [1.29, 1.82) is 0 Å². The van der Waals surface area contributed by atoms with Gasteiger partial charge in [0.15, 0.2) is 12.1 Å². The number of aliphatic imine (C=N–C) groups is 1. The summed E-state index contributed by atoms with van der Waals surface area (Å²) in [7, 11) is 0. The molecule has 1 aliphatic rings. The van der Waals surface area contributed by atoms with Gasteiger partial charge in [-0.2, -0.15) is 4.98 Å². The van der Waals surface area contributed by atoms with Gasteiger partial charge in [0.05, 0.1) is 5.56 Å². The van der Waals surface area contributed by atoms with Gasteiger partial charge in [-0.3, -0.25) is 9.36 Å². The van der Waals surface area contributed by atoms with E-state index in [1.807, 2.05) is 6.92 Å². The third kappa shape index (κ3) is 1.55. The lowest BCUT2D eigenvalue weighted by molar-refractivity contribution is 0.368. The predicted molar refractivity (Wildman–Crippen MR) is 58.5 cm³/mol. The highest BCUT2D eigenvalue weighted by atomic mass is 16.5. The van der Waals surface area contributed by atoms with Crippen molar-refractivity contribution in [1.82, 2.24) is 19.7 Å². The van der Waals surface area contributed by atoms with Crippen LogP contribution in [0.4, 0.5) is 5.82 Å². The van der Waals surface area contributed by atoms with Crippen LogP contribution in [0.25, 0.3) is 0 Å². The highest BCUT2D eigenvalue weighted by Gasteiger charge is 2.21. The molecule has 7 heteroatoms. The highest BCUT2D eigenvalue weighted by Crippen LogP contribution is 2.25. The molecule has 0 saturated heterocycles. The summed E-state index contributed by atoms with van der Waals surface area (Å²) in [6.45, 7) is 2.14. The van der Waals surface area contributed by atoms with Crippen LogP contribution in [-0.2, 0) is 6.54 Å². The molecule has 2 aromatic heterocycles. The van der Waals surface area contributed by atoms with Gasteiger partial charge in [0.25, 0.3) is 5.56 Å². The Bertz CT molecular complexity index is 629. The van der Waals surface area contributed by atoms with Crippen LogP contribution in [0.1, 0.15) is 24.3 Å². The maximum absolute atomic E-state index is 12.2. The Morgan fingerprint density at radius 3 is 3.12 bits per heavy atom. The van der Waals surface area contributed by atoms with Gasteiger partial charge in [0.2, 0.25) is 5.89 Å². The van der Waals surface area contributed by atoms with Gasteiger partial charge in [-0.25, -0.2) is 9.98 Å². The van der Waals surface area contributed by atoms with E-state index in [1.54, 1.807) is 6.21 Å². The van der Waals surface area contributed by atoms with Crippen LogP contribution in [-0.4, -0.2) is 25.9 Å². The molecule has 0 N–H and O–H groups in total. The molecule has 0 bridgehead atoms. The zero-order valence-corrected chi connectivity index (χ0v) is 9.07. The normalized spacial score (nSPS) is 17.4. The third-order valence-corrected chi connectivity index (χ3v) is 2.64. The number of aromatic nitrogens is 4. The average Bonchev–Trinajstić information content (AvgIpc) is 2.93. The van der Waals surface area contributed by atoms with E-state index in [2.05, 4.69) is 20.1 Å². The van der Waals surface area contributed by atoms with Crippen molar-refractivity contribution in [2.24, 2.45) is 4.99 Å². The summed E-state index contributed by atoms with van der Waals surface area (Å²) >= 11 is 0. The molecule has 3 rings (SSSR count). The fourth-order valence-corrected chi connectivity index (χ4v) is 1.78. The maximum atomic E-state index is 12.2. The van der Waals surface area contributed by atoms with E-state index in [0.717, 1.165) is 0 Å². The smallest absolute Gasteiger partial charge is 0.259 e. The monoisotopic (exact) mass is 231 g/mol. The van der Waals surface area contributed by atoms with E-state index in [4.69, 9.17) is 4.52 Å². The number of nitrogens with zero attached hydrogens (tertiary/aromatic N) is 5. The van der Waals surface area contributed by atoms with Crippen molar-refractivity contribution < 1.29 is 4.52 Å². The molecule has 0 fully saturated rings. The van der Waals surface area contributed by atoms with Gasteiger partial charge in [0.1, 0.15) is 12.9 Å². The SMILES string of the molecule is CC1C=Nc2ncn(Cc3ncno3)c(=O)c21. The molecule has 86 valence electrons. The molecule has 17 heavy (non-hydrogen) atoms. The number of fused-ring (bicyclic) bond motifs is 1. The second-order valence-electron chi connectivity index (χ2n) is 3.82. The molecule has 0 radical (unpaired) electrons. The molecule has 0 spiro atoms. The standard InChI is InChI=1S/C10H9N5O2/c1-6-2-11-9-8(6)10(16)15(5-13-9)3-7-12-4-14-17-7/h2,4-6H,3H2,1H3. The molecule has 0 amide bonds. The van der Waals surface area contributed by atoms with Gasteiger partial charge < -0.3 is 4.52 Å². The van der Waals surface area contributed by atoms with E-state index in [-0.39, 0.29) is 18.0 Å². The van der Waals surface area contributed by atoms with Crippen LogP contribution in [0.2, 0.25) is 0 Å².